The molecule has 0 saturated carbocycles. The summed E-state index contributed by atoms with van der Waals surface area (Å²) in [6.45, 7) is 8.01. The van der Waals surface area contributed by atoms with Gasteiger partial charge in [0.1, 0.15) is 5.75 Å². The standard InChI is InChI=1S/C24H32N2O2/c1-24(2,3)22(17-8-6-5-7-9-17)14-23(28)25-15-20-12-18-10-11-21(27)13-19(18)16-26(20)4/h5-11,13,20,22,27H,12,14-16H2,1-4H3,(H,25,28)/t20-,22-/m0/s1. The van der Waals surface area contributed by atoms with Gasteiger partial charge < -0.3 is 10.4 Å². The Kier molecular flexibility index (Phi) is 6.09. The van der Waals surface area contributed by atoms with Gasteiger partial charge in [0.2, 0.25) is 5.91 Å². The van der Waals surface area contributed by atoms with E-state index >= 15 is 0 Å². The van der Waals surface area contributed by atoms with Gasteiger partial charge in [0, 0.05) is 25.6 Å². The molecule has 0 unspecified atom stereocenters. The number of amides is 1. The molecule has 0 aromatic heterocycles. The van der Waals surface area contributed by atoms with Gasteiger partial charge in [0.15, 0.2) is 0 Å². The zero-order valence-electron chi connectivity index (χ0n) is 17.4. The first kappa shape index (κ1) is 20.4. The van der Waals surface area contributed by atoms with Crippen molar-refractivity contribution >= 4 is 5.91 Å². The van der Waals surface area contributed by atoms with E-state index in [-0.39, 0.29) is 23.3 Å². The van der Waals surface area contributed by atoms with Crippen LogP contribution in [0.25, 0.3) is 0 Å². The van der Waals surface area contributed by atoms with Gasteiger partial charge in [-0.2, -0.15) is 0 Å². The van der Waals surface area contributed by atoms with Crippen molar-refractivity contribution in [3.8, 4) is 5.75 Å². The monoisotopic (exact) mass is 380 g/mol. The molecular formula is C24H32N2O2. The van der Waals surface area contributed by atoms with Gasteiger partial charge in [-0.3, -0.25) is 9.69 Å². The highest BCUT2D eigenvalue weighted by Crippen LogP contribution is 2.37. The van der Waals surface area contributed by atoms with Crippen molar-refractivity contribution in [1.82, 2.24) is 10.2 Å². The third-order valence-corrected chi connectivity index (χ3v) is 5.86. The summed E-state index contributed by atoms with van der Waals surface area (Å²) in [5.41, 5.74) is 3.66. The summed E-state index contributed by atoms with van der Waals surface area (Å²) in [7, 11) is 2.08. The Hall–Kier alpha value is -2.33. The minimum absolute atomic E-state index is 0.0151. The number of hydrogen-bond donors (Lipinski definition) is 2. The van der Waals surface area contributed by atoms with Crippen molar-refractivity contribution < 1.29 is 9.90 Å². The number of nitrogens with zero attached hydrogens (tertiary/aromatic N) is 1. The maximum absolute atomic E-state index is 12.8. The molecule has 2 atom stereocenters. The molecule has 0 bridgehead atoms. The number of likely N-dealkylation sites (N-methyl/N-ethyl adjacent to an activating group) is 1. The number of rotatable bonds is 5. The fourth-order valence-electron chi connectivity index (χ4n) is 4.09. The van der Waals surface area contributed by atoms with Gasteiger partial charge >= 0.3 is 0 Å². The van der Waals surface area contributed by atoms with Crippen LogP contribution >= 0.6 is 0 Å². The van der Waals surface area contributed by atoms with Crippen molar-refractivity contribution in [2.24, 2.45) is 5.41 Å². The molecule has 0 radical (unpaired) electrons. The molecule has 2 aromatic rings. The van der Waals surface area contributed by atoms with Crippen molar-refractivity contribution in [3.63, 3.8) is 0 Å². The first-order valence-corrected chi connectivity index (χ1v) is 10.1. The molecule has 2 aromatic carbocycles. The molecule has 1 heterocycles. The van der Waals surface area contributed by atoms with Crippen LogP contribution in [0.4, 0.5) is 0 Å². The number of carbonyl (C=O) groups excluding carboxylic acids is 1. The normalized spacial score (nSPS) is 18.4. The fraction of sp³-hybridized carbons (Fsp3) is 0.458. The summed E-state index contributed by atoms with van der Waals surface area (Å²) >= 11 is 0. The maximum atomic E-state index is 12.8. The lowest BCUT2D eigenvalue weighted by molar-refractivity contribution is -0.122. The number of carbonyl (C=O) groups is 1. The van der Waals surface area contributed by atoms with Gasteiger partial charge in [-0.25, -0.2) is 0 Å². The van der Waals surface area contributed by atoms with E-state index in [1.54, 1.807) is 6.07 Å². The summed E-state index contributed by atoms with van der Waals surface area (Å²) in [6, 6.07) is 16.2. The van der Waals surface area contributed by atoms with Crippen LogP contribution in [-0.4, -0.2) is 35.5 Å². The lowest BCUT2D eigenvalue weighted by Gasteiger charge is -2.35. The Bertz CT molecular complexity index is 811. The highest BCUT2D eigenvalue weighted by molar-refractivity contribution is 5.77. The molecule has 1 amide bonds. The summed E-state index contributed by atoms with van der Waals surface area (Å²) in [5.74, 6) is 0.600. The SMILES string of the molecule is CN1Cc2cc(O)ccc2C[C@H]1CNC(=O)C[C@@H](c1ccccc1)C(C)(C)C. The topological polar surface area (TPSA) is 52.6 Å². The van der Waals surface area contributed by atoms with Crippen LogP contribution in [0.5, 0.6) is 5.75 Å². The molecule has 0 saturated heterocycles. The Balaban J connectivity index is 1.61. The van der Waals surface area contributed by atoms with Crippen molar-refractivity contribution in [2.75, 3.05) is 13.6 Å². The quantitative estimate of drug-likeness (QED) is 0.822. The van der Waals surface area contributed by atoms with Crippen LogP contribution in [0.15, 0.2) is 48.5 Å². The number of benzene rings is 2. The Morgan fingerprint density at radius 2 is 1.89 bits per heavy atom. The second-order valence-corrected chi connectivity index (χ2v) is 9.06. The van der Waals surface area contributed by atoms with Crippen molar-refractivity contribution in [1.29, 1.82) is 0 Å². The van der Waals surface area contributed by atoms with E-state index in [0.29, 0.717) is 18.7 Å². The molecule has 0 fully saturated rings. The first-order chi connectivity index (χ1) is 13.2. The van der Waals surface area contributed by atoms with Crippen LogP contribution in [0.3, 0.4) is 0 Å². The average Bonchev–Trinajstić information content (AvgIpc) is 2.64. The minimum Gasteiger partial charge on any atom is -0.508 e. The zero-order chi connectivity index (χ0) is 20.3. The van der Waals surface area contributed by atoms with E-state index in [1.807, 2.05) is 30.3 Å². The van der Waals surface area contributed by atoms with E-state index in [1.165, 1.54) is 16.7 Å². The predicted molar refractivity (Wildman–Crippen MR) is 113 cm³/mol. The van der Waals surface area contributed by atoms with Crippen LogP contribution in [0.1, 0.15) is 49.8 Å². The second kappa shape index (κ2) is 8.36. The maximum Gasteiger partial charge on any atom is 0.220 e. The van der Waals surface area contributed by atoms with Crippen LogP contribution < -0.4 is 5.32 Å². The van der Waals surface area contributed by atoms with E-state index in [4.69, 9.17) is 0 Å². The van der Waals surface area contributed by atoms with E-state index in [9.17, 15) is 9.90 Å². The molecule has 4 heteroatoms. The van der Waals surface area contributed by atoms with E-state index in [2.05, 4.69) is 50.2 Å². The first-order valence-electron chi connectivity index (χ1n) is 10.1. The van der Waals surface area contributed by atoms with Gasteiger partial charge in [-0.05, 0) is 53.6 Å². The van der Waals surface area contributed by atoms with E-state index < -0.39 is 0 Å². The third-order valence-electron chi connectivity index (χ3n) is 5.86. The van der Waals surface area contributed by atoms with Gasteiger partial charge in [0.05, 0.1) is 0 Å². The van der Waals surface area contributed by atoms with Crippen LogP contribution in [-0.2, 0) is 17.8 Å². The number of aromatic hydroxyl groups is 1. The third kappa shape index (κ3) is 4.93. The lowest BCUT2D eigenvalue weighted by atomic mass is 9.74. The lowest BCUT2D eigenvalue weighted by Crippen LogP contribution is -2.45. The molecule has 0 aliphatic carbocycles. The Morgan fingerprint density at radius 1 is 1.18 bits per heavy atom. The molecule has 0 spiro atoms. The summed E-state index contributed by atoms with van der Waals surface area (Å²) in [6.07, 6.45) is 1.38. The molecule has 1 aliphatic heterocycles. The second-order valence-electron chi connectivity index (χ2n) is 9.06. The molecule has 1 aliphatic rings. The highest BCUT2D eigenvalue weighted by atomic mass is 16.3. The fourth-order valence-corrected chi connectivity index (χ4v) is 4.09. The van der Waals surface area contributed by atoms with Gasteiger partial charge in [-0.1, -0.05) is 57.2 Å². The molecule has 150 valence electrons. The molecule has 2 N–H and O–H groups in total. The number of nitrogens with one attached hydrogen (secondary N) is 1. The number of hydrogen-bond acceptors (Lipinski definition) is 3. The Morgan fingerprint density at radius 3 is 2.57 bits per heavy atom. The highest BCUT2D eigenvalue weighted by Gasteiger charge is 2.29. The average molecular weight is 381 g/mol. The van der Waals surface area contributed by atoms with Gasteiger partial charge in [-0.15, -0.1) is 0 Å². The summed E-state index contributed by atoms with van der Waals surface area (Å²) in [5, 5.41) is 12.9. The van der Waals surface area contributed by atoms with Gasteiger partial charge in [0.25, 0.3) is 0 Å². The zero-order valence-corrected chi connectivity index (χ0v) is 17.4. The van der Waals surface area contributed by atoms with Crippen molar-refractivity contribution in [2.45, 2.75) is 52.1 Å². The van der Waals surface area contributed by atoms with Crippen molar-refractivity contribution in [3.05, 3.63) is 65.2 Å². The van der Waals surface area contributed by atoms with Crippen LogP contribution in [0.2, 0.25) is 0 Å². The van der Waals surface area contributed by atoms with Crippen LogP contribution in [0, 0.1) is 5.41 Å². The number of phenolic OH excluding ortho intramolecular Hbond substituents is 1. The van der Waals surface area contributed by atoms with E-state index in [0.717, 1.165) is 13.0 Å². The molecule has 28 heavy (non-hydrogen) atoms. The number of fused-ring (bicyclic) bond motifs is 1. The largest absolute Gasteiger partial charge is 0.508 e. The number of phenols is 1. The molecule has 3 rings (SSSR count). The molecule has 4 nitrogen and oxygen atoms in total. The smallest absolute Gasteiger partial charge is 0.220 e. The predicted octanol–water partition coefficient (Wildman–Crippen LogP) is 4.08. The Labute approximate surface area is 168 Å². The summed E-state index contributed by atoms with van der Waals surface area (Å²) in [4.78, 5) is 15.0. The molecular weight excluding hydrogens is 348 g/mol. The minimum atomic E-state index is 0.0151. The summed E-state index contributed by atoms with van der Waals surface area (Å²) < 4.78 is 0.